The van der Waals surface area contributed by atoms with Crippen LogP contribution in [0.15, 0.2) is 78.9 Å². The maximum absolute atomic E-state index is 13.5. The molecule has 3 aromatic carbocycles. The largest absolute Gasteiger partial charge is 0.497 e. The summed E-state index contributed by atoms with van der Waals surface area (Å²) in [5.74, 6) is 1.40. The Bertz CT molecular complexity index is 1710. The molecule has 0 bridgehead atoms. The minimum atomic E-state index is -1.45. The summed E-state index contributed by atoms with van der Waals surface area (Å²) in [6.45, 7) is 19.5. The molecule has 1 heterocycles. The number of carbonyl (C=O) groups excluding carboxylic acids is 2. The molecular weight excluding hydrogens is 802 g/mol. The molecule has 0 N–H and O–H groups in total. The van der Waals surface area contributed by atoms with Crippen LogP contribution in [-0.2, 0) is 33.7 Å². The zero-order chi connectivity index (χ0) is 44.7. The van der Waals surface area contributed by atoms with E-state index in [9.17, 15) is 9.59 Å². The topological polar surface area (TPSA) is 100 Å². The lowest BCUT2D eigenvalue weighted by Crippen LogP contribution is -2.39. The number of amides is 1. The van der Waals surface area contributed by atoms with E-state index in [-0.39, 0.29) is 55.9 Å². The van der Waals surface area contributed by atoms with Crippen LogP contribution in [0, 0.1) is 6.57 Å². The first-order valence-electron chi connectivity index (χ1n) is 22.7. The van der Waals surface area contributed by atoms with Crippen molar-refractivity contribution < 1.29 is 37.6 Å². The molecule has 0 saturated carbocycles. The zero-order valence-corrected chi connectivity index (χ0v) is 39.3. The lowest BCUT2D eigenvalue weighted by molar-refractivity contribution is -0.147. The normalized spacial score (nSPS) is 15.9. The highest BCUT2D eigenvalue weighted by Crippen LogP contribution is 2.48. The Hall–Kier alpha value is -4.04. The van der Waals surface area contributed by atoms with Gasteiger partial charge in [-0.25, -0.2) is 11.2 Å². The highest BCUT2D eigenvalue weighted by Gasteiger charge is 2.40. The summed E-state index contributed by atoms with van der Waals surface area (Å²) >= 11 is 0. The van der Waals surface area contributed by atoms with E-state index in [0.717, 1.165) is 86.0 Å². The van der Waals surface area contributed by atoms with Gasteiger partial charge in [-0.1, -0.05) is 100 Å². The minimum absolute atomic E-state index is 0.0778. The standard InChI is InChI=1S/C50H72N3O8P/c1-9-10-11-18-23-48(54)52-37-47(61-62(60-35-33-51-6)53(39(2)3)40(4)5)36-44(52)38-58-49(55)24-19-13-12-14-20-34-59-50(41-21-16-15-17-22-41,42-25-29-45(56-7)30-26-42)43-27-31-46(57-8)32-28-43/h15-17,21-22,25-32,39-40,44,47H,9-14,18-20,23-24,33-38H2,1-5,7-8H3/t44-,47+,62?/m0/s1. The summed E-state index contributed by atoms with van der Waals surface area (Å²) in [6.07, 6.45) is 9.58. The van der Waals surface area contributed by atoms with Crippen LogP contribution in [0.2, 0.25) is 0 Å². The summed E-state index contributed by atoms with van der Waals surface area (Å²) in [5.41, 5.74) is 2.19. The van der Waals surface area contributed by atoms with E-state index >= 15 is 0 Å². The van der Waals surface area contributed by atoms with Gasteiger partial charge in [-0.2, -0.15) is 0 Å². The predicted octanol–water partition coefficient (Wildman–Crippen LogP) is 11.1. The Balaban J connectivity index is 1.30. The van der Waals surface area contributed by atoms with Gasteiger partial charge in [0.05, 0.1) is 26.4 Å². The second kappa shape index (κ2) is 27.2. The SMILES string of the molecule is [C-]#[N+]CCOP(O[C@@H]1C[C@@H](COC(=O)CCCCCCCOC(c2ccccc2)(c2ccc(OC)cc2)c2ccc(OC)cc2)N(C(=O)CCCCCC)C1)N(C(C)C)C(C)C. The van der Waals surface area contributed by atoms with Crippen molar-refractivity contribution in [3.05, 3.63) is 107 Å². The average Bonchev–Trinajstić information content (AvgIpc) is 3.69. The Morgan fingerprint density at radius 3 is 1.92 bits per heavy atom. The van der Waals surface area contributed by atoms with Gasteiger partial charge >= 0.3 is 5.97 Å². The second-order valence-corrected chi connectivity index (χ2v) is 18.0. The fourth-order valence-corrected chi connectivity index (χ4v) is 9.84. The third-order valence-electron chi connectivity index (χ3n) is 11.3. The molecule has 1 fully saturated rings. The maximum Gasteiger partial charge on any atom is 0.305 e. The third kappa shape index (κ3) is 15.1. The summed E-state index contributed by atoms with van der Waals surface area (Å²) in [5, 5.41) is 0. The van der Waals surface area contributed by atoms with E-state index in [2.05, 4.69) is 80.5 Å². The van der Waals surface area contributed by atoms with Gasteiger partial charge in [0.15, 0.2) is 0 Å². The van der Waals surface area contributed by atoms with Crippen LogP contribution in [0.3, 0.4) is 0 Å². The minimum Gasteiger partial charge on any atom is -0.497 e. The number of esters is 1. The molecule has 3 aromatic rings. The molecule has 0 spiro atoms. The molecular formula is C50H72N3O8P. The van der Waals surface area contributed by atoms with Crippen molar-refractivity contribution >= 4 is 20.4 Å². The number of carbonyl (C=O) groups is 2. The van der Waals surface area contributed by atoms with Crippen LogP contribution in [0.4, 0.5) is 0 Å². The van der Waals surface area contributed by atoms with Crippen molar-refractivity contribution in [3.63, 3.8) is 0 Å². The van der Waals surface area contributed by atoms with Crippen LogP contribution in [0.1, 0.15) is 128 Å². The maximum atomic E-state index is 13.5. The van der Waals surface area contributed by atoms with Gasteiger partial charge in [0.2, 0.25) is 12.5 Å². The van der Waals surface area contributed by atoms with Gasteiger partial charge in [-0.15, -0.1) is 0 Å². The molecule has 12 heteroatoms. The van der Waals surface area contributed by atoms with Gasteiger partial charge in [0, 0.05) is 38.1 Å². The van der Waals surface area contributed by atoms with Crippen molar-refractivity contribution in [2.45, 2.75) is 141 Å². The summed E-state index contributed by atoms with van der Waals surface area (Å²) in [6, 6.07) is 26.5. The molecule has 4 rings (SSSR count). The zero-order valence-electron chi connectivity index (χ0n) is 38.4. The van der Waals surface area contributed by atoms with Crippen molar-refractivity contribution in [1.29, 1.82) is 0 Å². The number of ether oxygens (including phenoxy) is 4. The first-order chi connectivity index (χ1) is 30.1. The molecule has 1 unspecified atom stereocenters. The third-order valence-corrected chi connectivity index (χ3v) is 13.5. The molecule has 3 atom stereocenters. The Labute approximate surface area is 373 Å². The summed E-state index contributed by atoms with van der Waals surface area (Å²) in [4.78, 5) is 31.9. The van der Waals surface area contributed by atoms with E-state index in [4.69, 9.17) is 34.6 Å². The molecule has 0 aromatic heterocycles. The average molecular weight is 874 g/mol. The van der Waals surface area contributed by atoms with Gasteiger partial charge in [-0.3, -0.25) is 9.59 Å². The van der Waals surface area contributed by atoms with Gasteiger partial charge in [-0.05, 0) is 94.3 Å². The van der Waals surface area contributed by atoms with E-state index in [1.165, 1.54) is 0 Å². The number of hydrogen-bond donors (Lipinski definition) is 0. The molecule has 0 aliphatic carbocycles. The first-order valence-corrected chi connectivity index (χ1v) is 23.9. The van der Waals surface area contributed by atoms with Crippen LogP contribution in [0.25, 0.3) is 4.85 Å². The number of nitrogens with zero attached hydrogens (tertiary/aromatic N) is 3. The Morgan fingerprint density at radius 2 is 1.34 bits per heavy atom. The molecule has 1 aliphatic heterocycles. The molecule has 340 valence electrons. The number of hydrogen-bond acceptors (Lipinski definition) is 9. The molecule has 62 heavy (non-hydrogen) atoms. The van der Waals surface area contributed by atoms with Gasteiger partial charge in [0.1, 0.15) is 30.3 Å². The molecule has 1 saturated heterocycles. The molecule has 1 amide bonds. The molecule has 1 aliphatic rings. The number of rotatable bonds is 29. The lowest BCUT2D eigenvalue weighted by atomic mass is 9.80. The van der Waals surface area contributed by atoms with Crippen LogP contribution < -0.4 is 9.47 Å². The van der Waals surface area contributed by atoms with E-state index in [0.29, 0.717) is 32.4 Å². The van der Waals surface area contributed by atoms with Crippen LogP contribution in [-0.4, -0.2) is 92.8 Å². The molecule has 11 nitrogen and oxygen atoms in total. The Kier molecular flexibility index (Phi) is 22.2. The number of unbranched alkanes of at least 4 members (excludes halogenated alkanes) is 7. The van der Waals surface area contributed by atoms with Crippen molar-refractivity contribution in [2.24, 2.45) is 0 Å². The summed E-state index contributed by atoms with van der Waals surface area (Å²) < 4.78 is 38.8. The fraction of sp³-hybridized carbons (Fsp3) is 0.580. The van der Waals surface area contributed by atoms with E-state index in [1.807, 2.05) is 47.4 Å². The van der Waals surface area contributed by atoms with Gasteiger partial charge in [0.25, 0.3) is 8.53 Å². The van der Waals surface area contributed by atoms with Crippen LogP contribution >= 0.6 is 8.53 Å². The second-order valence-electron chi connectivity index (χ2n) is 16.5. The lowest BCUT2D eigenvalue weighted by Gasteiger charge is -2.36. The smallest absolute Gasteiger partial charge is 0.305 e. The Morgan fingerprint density at radius 1 is 0.774 bits per heavy atom. The quantitative estimate of drug-likeness (QED) is 0.0222. The number of benzene rings is 3. The number of likely N-dealkylation sites (tertiary alicyclic amines) is 1. The number of methoxy groups -OCH3 is 2. The van der Waals surface area contributed by atoms with E-state index < -0.39 is 14.1 Å². The highest BCUT2D eigenvalue weighted by atomic mass is 31.2. The molecule has 0 radical (unpaired) electrons. The van der Waals surface area contributed by atoms with Crippen molar-refractivity contribution in [1.82, 2.24) is 9.57 Å². The van der Waals surface area contributed by atoms with Crippen molar-refractivity contribution in [2.75, 3.05) is 47.1 Å². The van der Waals surface area contributed by atoms with Crippen LogP contribution in [0.5, 0.6) is 11.5 Å². The van der Waals surface area contributed by atoms with E-state index in [1.54, 1.807) is 14.2 Å². The highest BCUT2D eigenvalue weighted by molar-refractivity contribution is 7.44. The fourth-order valence-electron chi connectivity index (χ4n) is 8.14. The predicted molar refractivity (Wildman–Crippen MR) is 247 cm³/mol. The van der Waals surface area contributed by atoms with Gasteiger partial charge < -0.3 is 37.7 Å². The van der Waals surface area contributed by atoms with Crippen molar-refractivity contribution in [3.8, 4) is 11.5 Å². The monoisotopic (exact) mass is 874 g/mol. The first kappa shape index (κ1) is 50.6. The summed E-state index contributed by atoms with van der Waals surface area (Å²) in [7, 11) is 1.89.